The van der Waals surface area contributed by atoms with Gasteiger partial charge < -0.3 is 0 Å². The van der Waals surface area contributed by atoms with E-state index in [9.17, 15) is 4.79 Å². The van der Waals surface area contributed by atoms with Crippen LogP contribution in [0, 0.1) is 11.8 Å². The number of carbonyl (C=O) groups is 1. The van der Waals surface area contributed by atoms with Crippen LogP contribution >= 0.6 is 0 Å². The Bertz CT molecular complexity index is 977. The minimum Gasteiger partial charge on any atom is -0.272 e. The maximum atomic E-state index is 13.4. The Morgan fingerprint density at radius 1 is 0.846 bits per heavy atom. The van der Waals surface area contributed by atoms with Crippen LogP contribution in [-0.2, 0) is 4.79 Å². The predicted octanol–water partition coefficient (Wildman–Crippen LogP) is 3.29. The van der Waals surface area contributed by atoms with Crippen LogP contribution in [0.25, 0.3) is 0 Å². The molecular weight excluding hydrogens is 324 g/mol. The molecule has 6 rings (SSSR count). The van der Waals surface area contributed by atoms with Gasteiger partial charge in [0.05, 0.1) is 24.4 Å². The third-order valence-corrected chi connectivity index (χ3v) is 5.99. The molecule has 0 spiro atoms. The summed E-state index contributed by atoms with van der Waals surface area (Å²) in [4.78, 5) is 13.4. The predicted molar refractivity (Wildman–Crippen MR) is 98.5 cm³/mol. The van der Waals surface area contributed by atoms with Crippen LogP contribution in [0.3, 0.4) is 0 Å². The molecule has 3 atom stereocenters. The van der Waals surface area contributed by atoms with E-state index in [1.807, 2.05) is 30.5 Å². The van der Waals surface area contributed by atoms with Crippen molar-refractivity contribution in [2.24, 2.45) is 22.0 Å². The maximum absolute atomic E-state index is 13.4. The van der Waals surface area contributed by atoms with E-state index in [0.29, 0.717) is 5.92 Å². The van der Waals surface area contributed by atoms with Crippen molar-refractivity contribution in [2.45, 2.75) is 25.0 Å². The van der Waals surface area contributed by atoms with Crippen LogP contribution in [0.2, 0.25) is 0 Å². The fraction of sp³-hybridized carbons (Fsp3) is 0.286. The van der Waals surface area contributed by atoms with Gasteiger partial charge in [-0.05, 0) is 29.9 Å². The monoisotopic (exact) mass is 342 g/mol. The zero-order valence-corrected chi connectivity index (χ0v) is 14.2. The van der Waals surface area contributed by atoms with Crippen LogP contribution < -0.4 is 0 Å². The molecule has 3 unspecified atom stereocenters. The second-order valence-electron chi connectivity index (χ2n) is 7.49. The van der Waals surface area contributed by atoms with Gasteiger partial charge in [0.1, 0.15) is 0 Å². The Morgan fingerprint density at radius 3 is 2.27 bits per heavy atom. The number of rotatable bonds is 1. The average molecular weight is 342 g/mol. The third-order valence-electron chi connectivity index (χ3n) is 5.99. The van der Waals surface area contributed by atoms with E-state index in [-0.39, 0.29) is 24.0 Å². The number of hydrazone groups is 2. The molecule has 2 aromatic rings. The molecule has 3 heterocycles. The summed E-state index contributed by atoms with van der Waals surface area (Å²) in [6, 6.07) is 16.5. The van der Waals surface area contributed by atoms with E-state index in [0.717, 1.165) is 29.5 Å². The highest BCUT2D eigenvalue weighted by Crippen LogP contribution is 2.54. The Hall–Kier alpha value is -2.95. The highest BCUT2D eigenvalue weighted by Gasteiger charge is 2.55. The molecular formula is C21H18N4O. The molecule has 1 saturated carbocycles. The molecule has 0 radical (unpaired) electrons. The molecule has 128 valence electrons. The molecule has 1 amide bonds. The topological polar surface area (TPSA) is 48.3 Å². The Kier molecular flexibility index (Phi) is 2.76. The second kappa shape index (κ2) is 5.04. The van der Waals surface area contributed by atoms with Gasteiger partial charge in [0.2, 0.25) is 0 Å². The first-order valence-electron chi connectivity index (χ1n) is 9.20. The smallest absolute Gasteiger partial charge is 0.250 e. The van der Waals surface area contributed by atoms with Crippen LogP contribution in [0.15, 0.2) is 58.7 Å². The Morgan fingerprint density at radius 2 is 1.50 bits per heavy atom. The lowest BCUT2D eigenvalue weighted by Crippen LogP contribution is -2.55. The first-order valence-corrected chi connectivity index (χ1v) is 9.20. The minimum absolute atomic E-state index is 0.0150. The number of fused-ring (bicyclic) bond motifs is 7. The van der Waals surface area contributed by atoms with E-state index in [2.05, 4.69) is 34.4 Å². The van der Waals surface area contributed by atoms with Gasteiger partial charge in [-0.15, -0.1) is 0 Å². The van der Waals surface area contributed by atoms with E-state index in [1.165, 1.54) is 5.56 Å². The minimum atomic E-state index is -0.270. The second-order valence-corrected chi connectivity index (χ2v) is 7.49. The Labute approximate surface area is 151 Å². The van der Waals surface area contributed by atoms with Gasteiger partial charge in [0.25, 0.3) is 5.91 Å². The quantitative estimate of drug-likeness (QED) is 0.798. The lowest BCUT2D eigenvalue weighted by atomic mass is 9.81. The summed E-state index contributed by atoms with van der Waals surface area (Å²) < 4.78 is 0. The van der Waals surface area contributed by atoms with Crippen molar-refractivity contribution < 1.29 is 4.79 Å². The molecule has 26 heavy (non-hydrogen) atoms. The molecule has 0 N–H and O–H groups in total. The summed E-state index contributed by atoms with van der Waals surface area (Å²) in [7, 11) is 0. The SMILES string of the molecule is O=C1C(C2CC2)C2c3ccccc3C=NN2C2c3ccccc3C=NN12. The lowest BCUT2D eigenvalue weighted by molar-refractivity contribution is -0.162. The van der Waals surface area contributed by atoms with Crippen molar-refractivity contribution in [3.8, 4) is 0 Å². The third kappa shape index (κ3) is 1.83. The molecule has 5 heteroatoms. The van der Waals surface area contributed by atoms with Crippen LogP contribution in [0.1, 0.15) is 47.3 Å². The molecule has 3 aliphatic heterocycles. The van der Waals surface area contributed by atoms with Crippen molar-refractivity contribution in [2.75, 3.05) is 0 Å². The summed E-state index contributed by atoms with van der Waals surface area (Å²) in [5.74, 6) is 0.494. The summed E-state index contributed by atoms with van der Waals surface area (Å²) in [6.45, 7) is 0. The molecule has 4 aliphatic rings. The number of nitrogens with zero attached hydrogens (tertiary/aromatic N) is 4. The fourth-order valence-corrected chi connectivity index (χ4v) is 4.63. The number of hydrogen-bond acceptors (Lipinski definition) is 4. The first kappa shape index (κ1) is 14.2. The van der Waals surface area contributed by atoms with E-state index < -0.39 is 0 Å². The lowest BCUT2D eigenvalue weighted by Gasteiger charge is -2.51. The number of amides is 1. The largest absolute Gasteiger partial charge is 0.272 e. The van der Waals surface area contributed by atoms with Gasteiger partial charge in [-0.1, -0.05) is 48.5 Å². The molecule has 5 nitrogen and oxygen atoms in total. The summed E-state index contributed by atoms with van der Waals surface area (Å²) in [6.07, 6.45) is 5.69. The molecule has 1 saturated heterocycles. The van der Waals surface area contributed by atoms with E-state index in [4.69, 9.17) is 5.10 Å². The standard InChI is InChI=1S/C21H18N4O/c26-21-18(13-9-10-13)19-16-7-3-1-5-14(16)11-22-24(19)20-17-8-4-2-6-15(17)12-23-25(20)21/h1-8,11-13,18-20H,9-10H2. The highest BCUT2D eigenvalue weighted by molar-refractivity contribution is 5.90. The van der Waals surface area contributed by atoms with Crippen LogP contribution in [-0.4, -0.2) is 28.4 Å². The highest BCUT2D eigenvalue weighted by atomic mass is 16.2. The van der Waals surface area contributed by atoms with Crippen molar-refractivity contribution in [1.29, 1.82) is 0 Å². The molecule has 0 aromatic heterocycles. The van der Waals surface area contributed by atoms with Gasteiger partial charge in [0.15, 0.2) is 6.17 Å². The van der Waals surface area contributed by atoms with Crippen molar-refractivity contribution >= 4 is 18.3 Å². The Balaban J connectivity index is 1.56. The molecule has 0 bridgehead atoms. The number of hydrogen-bond donors (Lipinski definition) is 0. The fourth-order valence-electron chi connectivity index (χ4n) is 4.63. The van der Waals surface area contributed by atoms with E-state index >= 15 is 0 Å². The number of carbonyl (C=O) groups excluding carboxylic acids is 1. The zero-order chi connectivity index (χ0) is 17.3. The van der Waals surface area contributed by atoms with Gasteiger partial charge in [0, 0.05) is 11.1 Å². The average Bonchev–Trinajstić information content (AvgIpc) is 3.52. The van der Waals surface area contributed by atoms with Gasteiger partial charge in [-0.2, -0.15) is 10.2 Å². The number of benzene rings is 2. The van der Waals surface area contributed by atoms with Gasteiger partial charge in [-0.3, -0.25) is 9.80 Å². The normalized spacial score (nSPS) is 28.3. The summed E-state index contributed by atoms with van der Waals surface area (Å²) in [5, 5.41) is 13.1. The molecule has 2 fully saturated rings. The first-order chi connectivity index (χ1) is 12.8. The summed E-state index contributed by atoms with van der Waals surface area (Å²) in [5.41, 5.74) is 4.47. The van der Waals surface area contributed by atoms with Crippen molar-refractivity contribution in [3.63, 3.8) is 0 Å². The van der Waals surface area contributed by atoms with Gasteiger partial charge >= 0.3 is 0 Å². The van der Waals surface area contributed by atoms with Crippen molar-refractivity contribution in [3.05, 3.63) is 70.8 Å². The van der Waals surface area contributed by atoms with E-state index in [1.54, 1.807) is 11.2 Å². The molecule has 1 aliphatic carbocycles. The van der Waals surface area contributed by atoms with Crippen LogP contribution in [0.5, 0.6) is 0 Å². The van der Waals surface area contributed by atoms with Gasteiger partial charge in [-0.25, -0.2) is 5.01 Å². The zero-order valence-electron chi connectivity index (χ0n) is 14.2. The molecule has 2 aromatic carbocycles. The van der Waals surface area contributed by atoms with Crippen LogP contribution in [0.4, 0.5) is 0 Å². The summed E-state index contributed by atoms with van der Waals surface area (Å²) >= 11 is 0. The van der Waals surface area contributed by atoms with Crippen molar-refractivity contribution in [1.82, 2.24) is 10.0 Å². The maximum Gasteiger partial charge on any atom is 0.250 e.